The maximum absolute atomic E-state index is 12.0. The summed E-state index contributed by atoms with van der Waals surface area (Å²) in [5.74, 6) is -0.640. The van der Waals surface area contributed by atoms with Gasteiger partial charge in [-0.1, -0.05) is 38.5 Å². The van der Waals surface area contributed by atoms with E-state index >= 15 is 0 Å². The van der Waals surface area contributed by atoms with E-state index in [1.54, 1.807) is 0 Å². The highest BCUT2D eigenvalue weighted by Gasteiger charge is 2.23. The second-order valence-electron chi connectivity index (χ2n) is 4.54. The number of thiazole rings is 1. The zero-order valence-electron chi connectivity index (χ0n) is 12.2. The zero-order valence-corrected chi connectivity index (χ0v) is 13.0. The van der Waals surface area contributed by atoms with Gasteiger partial charge < -0.3 is 15.8 Å². The molecule has 7 heteroatoms. The molecule has 3 N–H and O–H groups in total. The Balaban J connectivity index is 2.86. The number of aromatic nitrogens is 1. The van der Waals surface area contributed by atoms with E-state index in [0.29, 0.717) is 22.1 Å². The molecule has 1 amide bonds. The minimum Gasteiger partial charge on any atom is -0.465 e. The molecule has 2 atom stereocenters. The summed E-state index contributed by atoms with van der Waals surface area (Å²) in [4.78, 5) is 28.2. The number of nitrogens with two attached hydrogens (primary N) is 1. The van der Waals surface area contributed by atoms with Crippen molar-refractivity contribution in [2.24, 2.45) is 11.7 Å². The summed E-state index contributed by atoms with van der Waals surface area (Å²) in [5.41, 5.74) is 6.48. The van der Waals surface area contributed by atoms with Crippen molar-refractivity contribution in [1.82, 2.24) is 4.98 Å². The van der Waals surface area contributed by atoms with Crippen LogP contribution in [0.4, 0.5) is 5.13 Å². The molecule has 1 aromatic rings. The summed E-state index contributed by atoms with van der Waals surface area (Å²) in [6.07, 6.45) is 1.41. The van der Waals surface area contributed by atoms with Crippen LogP contribution in [0.1, 0.15) is 42.6 Å². The third-order valence-corrected chi connectivity index (χ3v) is 4.19. The van der Waals surface area contributed by atoms with Crippen molar-refractivity contribution in [3.8, 4) is 0 Å². The number of rotatable bonds is 6. The fourth-order valence-corrected chi connectivity index (χ4v) is 2.57. The molecule has 1 heterocycles. The second-order valence-corrected chi connectivity index (χ2v) is 5.54. The number of hydrogen-bond donors (Lipinski definition) is 2. The van der Waals surface area contributed by atoms with Gasteiger partial charge in [0.2, 0.25) is 5.91 Å². The molecule has 0 aromatic carbocycles. The first-order valence-electron chi connectivity index (χ1n) is 6.58. The number of aryl methyl sites for hydroxylation is 1. The lowest BCUT2D eigenvalue weighted by atomic mass is 10.00. The van der Waals surface area contributed by atoms with E-state index in [9.17, 15) is 9.59 Å². The number of nitrogens with one attached hydrogen (secondary N) is 1. The molecule has 0 bridgehead atoms. The Morgan fingerprint density at radius 1 is 1.45 bits per heavy atom. The summed E-state index contributed by atoms with van der Waals surface area (Å²) in [7, 11) is 1.32. The average molecular weight is 299 g/mol. The van der Waals surface area contributed by atoms with E-state index in [4.69, 9.17) is 10.5 Å². The monoisotopic (exact) mass is 299 g/mol. The Bertz CT molecular complexity index is 487. The molecule has 1 aromatic heterocycles. The van der Waals surface area contributed by atoms with E-state index in [2.05, 4.69) is 10.3 Å². The van der Waals surface area contributed by atoms with Gasteiger partial charge in [0.1, 0.15) is 4.88 Å². The molecular formula is C13H21N3O3S. The fraction of sp³-hybridized carbons (Fsp3) is 0.615. The zero-order chi connectivity index (χ0) is 15.3. The lowest BCUT2D eigenvalue weighted by Crippen LogP contribution is -2.40. The Hall–Kier alpha value is -1.47. The molecule has 0 spiro atoms. The summed E-state index contributed by atoms with van der Waals surface area (Å²) in [5, 5.41) is 3.05. The first kappa shape index (κ1) is 16.6. The molecule has 0 radical (unpaired) electrons. The van der Waals surface area contributed by atoms with Crippen molar-refractivity contribution in [3.63, 3.8) is 0 Å². The highest BCUT2D eigenvalue weighted by molar-refractivity contribution is 7.17. The molecule has 1 rings (SSSR count). The van der Waals surface area contributed by atoms with Crippen LogP contribution in [0.5, 0.6) is 0 Å². The van der Waals surface area contributed by atoms with Gasteiger partial charge in [0.25, 0.3) is 0 Å². The lowest BCUT2D eigenvalue weighted by molar-refractivity contribution is -0.118. The Labute approximate surface area is 122 Å². The smallest absolute Gasteiger partial charge is 0.350 e. The normalized spacial score (nSPS) is 13.7. The van der Waals surface area contributed by atoms with Crippen molar-refractivity contribution < 1.29 is 14.3 Å². The highest BCUT2D eigenvalue weighted by atomic mass is 32.1. The van der Waals surface area contributed by atoms with E-state index in [1.165, 1.54) is 7.11 Å². The largest absolute Gasteiger partial charge is 0.465 e. The molecule has 0 fully saturated rings. The summed E-state index contributed by atoms with van der Waals surface area (Å²) < 4.78 is 4.69. The molecule has 20 heavy (non-hydrogen) atoms. The Kier molecular flexibility index (Phi) is 6.09. The standard InChI is InChI=1S/C13H21N3O3S/c1-5-7(3)9(14)11(17)16-13-15-8(6-2)10(20-13)12(18)19-4/h7,9H,5-6,14H2,1-4H3,(H,15,16,17). The van der Waals surface area contributed by atoms with Crippen LogP contribution >= 0.6 is 11.3 Å². The van der Waals surface area contributed by atoms with Crippen LogP contribution in [-0.4, -0.2) is 30.0 Å². The van der Waals surface area contributed by atoms with Crippen molar-refractivity contribution >= 4 is 28.3 Å². The Morgan fingerprint density at radius 2 is 2.10 bits per heavy atom. The van der Waals surface area contributed by atoms with Crippen LogP contribution in [0, 0.1) is 5.92 Å². The number of carbonyl (C=O) groups excluding carboxylic acids is 2. The van der Waals surface area contributed by atoms with Crippen LogP contribution in [0.25, 0.3) is 0 Å². The lowest BCUT2D eigenvalue weighted by Gasteiger charge is -2.16. The van der Waals surface area contributed by atoms with Gasteiger partial charge >= 0.3 is 5.97 Å². The average Bonchev–Trinajstić information content (AvgIpc) is 2.87. The number of carbonyl (C=O) groups is 2. The maximum Gasteiger partial charge on any atom is 0.350 e. The predicted octanol–water partition coefficient (Wildman–Crippen LogP) is 1.80. The Morgan fingerprint density at radius 3 is 2.60 bits per heavy atom. The van der Waals surface area contributed by atoms with Gasteiger partial charge in [0.15, 0.2) is 5.13 Å². The van der Waals surface area contributed by atoms with Crippen LogP contribution in [-0.2, 0) is 16.0 Å². The van der Waals surface area contributed by atoms with Crippen molar-refractivity contribution in [3.05, 3.63) is 10.6 Å². The molecule has 0 saturated heterocycles. The molecule has 0 aliphatic heterocycles. The number of methoxy groups -OCH3 is 1. The van der Waals surface area contributed by atoms with Gasteiger partial charge in [0.05, 0.1) is 18.8 Å². The molecule has 0 saturated carbocycles. The number of amides is 1. The van der Waals surface area contributed by atoms with Crippen molar-refractivity contribution in [2.45, 2.75) is 39.7 Å². The minimum atomic E-state index is -0.587. The van der Waals surface area contributed by atoms with Gasteiger partial charge in [-0.05, 0) is 12.3 Å². The van der Waals surface area contributed by atoms with Gasteiger partial charge in [-0.3, -0.25) is 4.79 Å². The van der Waals surface area contributed by atoms with Crippen LogP contribution in [0.3, 0.4) is 0 Å². The van der Waals surface area contributed by atoms with Crippen LogP contribution < -0.4 is 11.1 Å². The third kappa shape index (κ3) is 3.77. The summed E-state index contributed by atoms with van der Waals surface area (Å²) in [6, 6.07) is -0.587. The minimum absolute atomic E-state index is 0.0840. The molecular weight excluding hydrogens is 278 g/mol. The van der Waals surface area contributed by atoms with Crippen molar-refractivity contribution in [2.75, 3.05) is 12.4 Å². The number of hydrogen-bond acceptors (Lipinski definition) is 6. The van der Waals surface area contributed by atoms with E-state index in [-0.39, 0.29) is 11.8 Å². The fourth-order valence-electron chi connectivity index (χ4n) is 1.60. The van der Waals surface area contributed by atoms with E-state index < -0.39 is 12.0 Å². The molecule has 2 unspecified atom stereocenters. The summed E-state index contributed by atoms with van der Waals surface area (Å²) in [6.45, 7) is 5.78. The van der Waals surface area contributed by atoms with Crippen LogP contribution in [0.2, 0.25) is 0 Å². The van der Waals surface area contributed by atoms with Gasteiger partial charge in [-0.15, -0.1) is 0 Å². The molecule has 0 aliphatic carbocycles. The highest BCUT2D eigenvalue weighted by Crippen LogP contribution is 2.24. The first-order valence-corrected chi connectivity index (χ1v) is 7.40. The van der Waals surface area contributed by atoms with Gasteiger partial charge in [-0.25, -0.2) is 9.78 Å². The van der Waals surface area contributed by atoms with Crippen LogP contribution in [0.15, 0.2) is 0 Å². The summed E-state index contributed by atoms with van der Waals surface area (Å²) >= 11 is 1.11. The quantitative estimate of drug-likeness (QED) is 0.781. The molecule has 6 nitrogen and oxygen atoms in total. The maximum atomic E-state index is 12.0. The number of nitrogens with zero attached hydrogens (tertiary/aromatic N) is 1. The first-order chi connectivity index (χ1) is 9.44. The third-order valence-electron chi connectivity index (χ3n) is 3.19. The topological polar surface area (TPSA) is 94.3 Å². The SMILES string of the molecule is CCc1nc(NC(=O)C(N)C(C)CC)sc1C(=O)OC. The van der Waals surface area contributed by atoms with Gasteiger partial charge in [0, 0.05) is 0 Å². The second kappa shape index (κ2) is 7.35. The predicted molar refractivity (Wildman–Crippen MR) is 78.9 cm³/mol. The number of ether oxygens (including phenoxy) is 1. The van der Waals surface area contributed by atoms with Crippen molar-refractivity contribution in [1.29, 1.82) is 0 Å². The van der Waals surface area contributed by atoms with E-state index in [0.717, 1.165) is 17.8 Å². The number of anilines is 1. The number of esters is 1. The molecule has 0 aliphatic rings. The van der Waals surface area contributed by atoms with Gasteiger partial charge in [-0.2, -0.15) is 0 Å². The molecule has 112 valence electrons. The van der Waals surface area contributed by atoms with E-state index in [1.807, 2.05) is 20.8 Å².